The van der Waals surface area contributed by atoms with Crippen LogP contribution in [0.15, 0.2) is 28.6 Å². The first kappa shape index (κ1) is 23.7. The second-order valence-electron chi connectivity index (χ2n) is 12.5. The van der Waals surface area contributed by atoms with E-state index in [1.807, 2.05) is 12.1 Å². The van der Waals surface area contributed by atoms with Gasteiger partial charge in [0.1, 0.15) is 5.76 Å². The third-order valence-electron chi connectivity index (χ3n) is 10.8. The molecule has 4 aliphatic rings. The van der Waals surface area contributed by atoms with Crippen LogP contribution >= 0.6 is 0 Å². The van der Waals surface area contributed by atoms with Gasteiger partial charge < -0.3 is 14.6 Å². The van der Waals surface area contributed by atoms with Gasteiger partial charge >= 0.3 is 5.97 Å². The van der Waals surface area contributed by atoms with Crippen LogP contribution in [0.3, 0.4) is 0 Å². The van der Waals surface area contributed by atoms with Crippen LogP contribution in [0.5, 0.6) is 0 Å². The van der Waals surface area contributed by atoms with Crippen molar-refractivity contribution in [2.24, 2.45) is 46.3 Å². The van der Waals surface area contributed by atoms with Gasteiger partial charge in [-0.3, -0.25) is 9.59 Å². The molecule has 1 aromatic heterocycles. The fourth-order valence-electron chi connectivity index (χ4n) is 9.05. The largest absolute Gasteiger partial charge is 0.505 e. The number of fused-ring (bicyclic) bond motifs is 5. The molecule has 0 aromatic carbocycles. The topological polar surface area (TPSA) is 87.7 Å². The standard InChI is InChI=1S/C29H40O5/c1-16(2)18-10-12-34-26(18)14-20(27(32)33)22-8-7-21-19-6-5-17-13-24(30)25(31)15-29(17,4)23(19)9-11-28(21,22)3/h10,12,15-17,19-23,31H,5-9,11,13-14H2,1-4H3,(H,32,33)/t17-,19?,20-,21?,22-,23?,28+,29+/m1/s1. The number of furan rings is 1. The zero-order valence-corrected chi connectivity index (χ0v) is 21.0. The van der Waals surface area contributed by atoms with Crippen LogP contribution in [-0.2, 0) is 16.0 Å². The lowest BCUT2D eigenvalue weighted by Gasteiger charge is -2.59. The van der Waals surface area contributed by atoms with Crippen molar-refractivity contribution in [2.75, 3.05) is 0 Å². The van der Waals surface area contributed by atoms with E-state index in [4.69, 9.17) is 4.42 Å². The maximum absolute atomic E-state index is 12.6. The molecule has 0 bridgehead atoms. The van der Waals surface area contributed by atoms with Gasteiger partial charge in [0.25, 0.3) is 0 Å². The number of hydrogen-bond acceptors (Lipinski definition) is 4. The molecule has 0 saturated heterocycles. The van der Waals surface area contributed by atoms with Crippen LogP contribution in [0.4, 0.5) is 0 Å². The summed E-state index contributed by atoms with van der Waals surface area (Å²) in [5.41, 5.74) is 1.00. The Hall–Kier alpha value is -2.04. The van der Waals surface area contributed by atoms with E-state index in [0.717, 1.165) is 49.8 Å². The van der Waals surface area contributed by atoms with Gasteiger partial charge in [0.15, 0.2) is 11.5 Å². The van der Waals surface area contributed by atoms with Gasteiger partial charge in [-0.15, -0.1) is 0 Å². The predicted octanol–water partition coefficient (Wildman–Crippen LogP) is 6.54. The monoisotopic (exact) mass is 468 g/mol. The summed E-state index contributed by atoms with van der Waals surface area (Å²) in [6, 6.07) is 1.99. The summed E-state index contributed by atoms with van der Waals surface area (Å²) in [6.07, 6.45) is 10.8. The van der Waals surface area contributed by atoms with Crippen molar-refractivity contribution >= 4 is 11.8 Å². The van der Waals surface area contributed by atoms with Crippen LogP contribution in [0.2, 0.25) is 0 Å². The molecule has 3 fully saturated rings. The molecule has 4 aliphatic carbocycles. The molecular weight excluding hydrogens is 428 g/mol. The molecule has 8 atom stereocenters. The molecule has 5 heteroatoms. The van der Waals surface area contributed by atoms with E-state index in [2.05, 4.69) is 27.7 Å². The number of ketones is 1. The Morgan fingerprint density at radius 2 is 1.91 bits per heavy atom. The van der Waals surface area contributed by atoms with Crippen molar-refractivity contribution in [2.45, 2.75) is 85.0 Å². The Labute approximate surface area is 203 Å². The van der Waals surface area contributed by atoms with Crippen molar-refractivity contribution in [3.05, 3.63) is 35.5 Å². The summed E-state index contributed by atoms with van der Waals surface area (Å²) >= 11 is 0. The number of aliphatic carboxylic acids is 1. The van der Waals surface area contributed by atoms with Gasteiger partial charge in [-0.2, -0.15) is 0 Å². The van der Waals surface area contributed by atoms with Crippen LogP contribution in [0, 0.1) is 46.3 Å². The summed E-state index contributed by atoms with van der Waals surface area (Å²) in [7, 11) is 0. The van der Waals surface area contributed by atoms with Crippen molar-refractivity contribution in [1.29, 1.82) is 0 Å². The van der Waals surface area contributed by atoms with Crippen LogP contribution in [0.1, 0.15) is 89.9 Å². The summed E-state index contributed by atoms with van der Waals surface area (Å²) in [5, 5.41) is 20.6. The highest BCUT2D eigenvalue weighted by Crippen LogP contribution is 2.67. The molecular formula is C29H40O5. The van der Waals surface area contributed by atoms with E-state index >= 15 is 0 Å². The average Bonchev–Trinajstić information content (AvgIpc) is 3.37. The molecule has 34 heavy (non-hydrogen) atoms. The maximum atomic E-state index is 12.6. The molecule has 3 saturated carbocycles. The molecule has 5 nitrogen and oxygen atoms in total. The molecule has 0 aliphatic heterocycles. The molecule has 186 valence electrons. The van der Waals surface area contributed by atoms with Crippen molar-refractivity contribution < 1.29 is 24.2 Å². The van der Waals surface area contributed by atoms with E-state index in [9.17, 15) is 19.8 Å². The second kappa shape index (κ2) is 8.27. The highest BCUT2D eigenvalue weighted by molar-refractivity contribution is 5.94. The van der Waals surface area contributed by atoms with Gasteiger partial charge in [0.05, 0.1) is 12.2 Å². The van der Waals surface area contributed by atoms with Gasteiger partial charge in [0, 0.05) is 12.8 Å². The van der Waals surface area contributed by atoms with E-state index in [-0.39, 0.29) is 28.3 Å². The Kier molecular flexibility index (Phi) is 5.76. The lowest BCUT2D eigenvalue weighted by molar-refractivity contribution is -0.148. The highest BCUT2D eigenvalue weighted by atomic mass is 16.4. The Balaban J connectivity index is 1.42. The number of rotatable bonds is 5. The summed E-state index contributed by atoms with van der Waals surface area (Å²) < 4.78 is 5.79. The molecule has 3 unspecified atom stereocenters. The third-order valence-corrected chi connectivity index (χ3v) is 10.8. The number of carboxylic acid groups (broad SMARTS) is 1. The molecule has 1 heterocycles. The SMILES string of the molecule is CC(C)c1ccoc1C[C@@H](C(=O)O)[C@H]1CCC2C3CC[C@@H]4CC(=O)C(O)=C[C@]4(C)C3CC[C@@]21C. The Morgan fingerprint density at radius 3 is 2.62 bits per heavy atom. The molecule has 5 rings (SSSR count). The minimum atomic E-state index is -0.700. The van der Waals surface area contributed by atoms with E-state index in [1.54, 1.807) is 6.26 Å². The first-order chi connectivity index (χ1) is 16.1. The minimum absolute atomic E-state index is 0.00819. The highest BCUT2D eigenvalue weighted by Gasteiger charge is 2.61. The lowest BCUT2D eigenvalue weighted by Crippen LogP contribution is -2.53. The number of hydrogen-bond donors (Lipinski definition) is 2. The Bertz CT molecular complexity index is 1000. The number of carbonyl (C=O) groups is 2. The number of Topliss-reactive ketones (excluding diaryl/α,β-unsaturated/α-hetero) is 1. The van der Waals surface area contributed by atoms with E-state index in [1.165, 1.54) is 0 Å². The minimum Gasteiger partial charge on any atom is -0.505 e. The Morgan fingerprint density at radius 1 is 1.15 bits per heavy atom. The number of aliphatic hydroxyl groups is 1. The van der Waals surface area contributed by atoms with Gasteiger partial charge in [-0.25, -0.2) is 0 Å². The third kappa shape index (κ3) is 3.48. The molecule has 0 spiro atoms. The predicted molar refractivity (Wildman–Crippen MR) is 129 cm³/mol. The van der Waals surface area contributed by atoms with Crippen molar-refractivity contribution in [1.82, 2.24) is 0 Å². The van der Waals surface area contributed by atoms with Gasteiger partial charge in [0.2, 0.25) is 0 Å². The number of allylic oxidation sites excluding steroid dienone is 2. The van der Waals surface area contributed by atoms with Crippen LogP contribution in [0.25, 0.3) is 0 Å². The normalized spacial score (nSPS) is 40.3. The molecule has 2 N–H and O–H groups in total. The maximum Gasteiger partial charge on any atom is 0.307 e. The van der Waals surface area contributed by atoms with Crippen molar-refractivity contribution in [3.8, 4) is 0 Å². The lowest BCUT2D eigenvalue weighted by atomic mass is 9.45. The zero-order chi connectivity index (χ0) is 24.4. The smallest absolute Gasteiger partial charge is 0.307 e. The number of carbonyl (C=O) groups excluding carboxylic acids is 1. The first-order valence-electron chi connectivity index (χ1n) is 13.3. The fraction of sp³-hybridized carbons (Fsp3) is 0.724. The van der Waals surface area contributed by atoms with E-state index in [0.29, 0.717) is 42.4 Å². The second-order valence-corrected chi connectivity index (χ2v) is 12.5. The fourth-order valence-corrected chi connectivity index (χ4v) is 9.05. The molecule has 0 amide bonds. The average molecular weight is 469 g/mol. The first-order valence-corrected chi connectivity index (χ1v) is 13.3. The summed E-state index contributed by atoms with van der Waals surface area (Å²) in [6.45, 7) is 8.87. The van der Waals surface area contributed by atoms with Crippen LogP contribution < -0.4 is 0 Å². The van der Waals surface area contributed by atoms with Crippen LogP contribution in [-0.4, -0.2) is 22.0 Å². The van der Waals surface area contributed by atoms with Crippen molar-refractivity contribution in [3.63, 3.8) is 0 Å². The summed E-state index contributed by atoms with van der Waals surface area (Å²) in [4.78, 5) is 24.8. The van der Waals surface area contributed by atoms with Gasteiger partial charge in [-0.1, -0.05) is 27.7 Å². The number of carboxylic acids is 1. The van der Waals surface area contributed by atoms with E-state index < -0.39 is 11.9 Å². The molecule has 1 aromatic rings. The summed E-state index contributed by atoms with van der Waals surface area (Å²) in [5.74, 6) is 1.83. The van der Waals surface area contributed by atoms with Gasteiger partial charge in [-0.05, 0) is 103 Å². The quantitative estimate of drug-likeness (QED) is 0.512. The number of aliphatic hydroxyl groups excluding tert-OH is 1. The zero-order valence-electron chi connectivity index (χ0n) is 21.0. The molecule has 0 radical (unpaired) electrons.